The molecular formula is C25H35N5O3S. The van der Waals surface area contributed by atoms with Crippen LogP contribution in [-0.4, -0.2) is 35.8 Å². The Morgan fingerprint density at radius 2 is 1.59 bits per heavy atom. The Labute approximate surface area is 203 Å². The maximum absolute atomic E-state index is 13.4. The number of nitrogens with one attached hydrogen (secondary N) is 1. The summed E-state index contributed by atoms with van der Waals surface area (Å²) in [6.07, 6.45) is 7.25. The van der Waals surface area contributed by atoms with Crippen molar-refractivity contribution in [2.45, 2.75) is 87.4 Å². The van der Waals surface area contributed by atoms with E-state index >= 15 is 0 Å². The highest BCUT2D eigenvalue weighted by Gasteiger charge is 2.51. The van der Waals surface area contributed by atoms with Gasteiger partial charge >= 0.3 is 5.69 Å². The molecule has 0 aromatic carbocycles. The van der Waals surface area contributed by atoms with Gasteiger partial charge < -0.3 is 5.32 Å². The van der Waals surface area contributed by atoms with Crippen molar-refractivity contribution < 1.29 is 4.79 Å². The molecule has 0 saturated heterocycles. The molecule has 1 amide bonds. The van der Waals surface area contributed by atoms with Crippen LogP contribution in [0.5, 0.6) is 0 Å². The van der Waals surface area contributed by atoms with Crippen LogP contribution in [0.2, 0.25) is 0 Å². The van der Waals surface area contributed by atoms with Crippen molar-refractivity contribution in [3.05, 3.63) is 26.7 Å². The zero-order chi connectivity index (χ0) is 24.6. The Kier molecular flexibility index (Phi) is 5.50. The van der Waals surface area contributed by atoms with Gasteiger partial charge in [-0.05, 0) is 63.2 Å². The van der Waals surface area contributed by atoms with E-state index in [0.29, 0.717) is 16.5 Å². The molecule has 4 saturated carbocycles. The van der Waals surface area contributed by atoms with Crippen LogP contribution in [-0.2, 0) is 24.3 Å². The van der Waals surface area contributed by atoms with Gasteiger partial charge in [0.25, 0.3) is 5.56 Å². The monoisotopic (exact) mass is 485 g/mol. The van der Waals surface area contributed by atoms with Crippen molar-refractivity contribution in [3.8, 4) is 0 Å². The SMILES string of the molecule is C[C@@H](Sc1nc(C(C)(C)C)nc2c1c(=O)n(C)c(=O)n2C)C(=O)NC12CC3CC(CC(C3)C1)C2. The quantitative estimate of drug-likeness (QED) is 0.528. The lowest BCUT2D eigenvalue weighted by Gasteiger charge is -2.57. The van der Waals surface area contributed by atoms with Crippen LogP contribution in [0.15, 0.2) is 14.6 Å². The minimum Gasteiger partial charge on any atom is -0.350 e. The summed E-state index contributed by atoms with van der Waals surface area (Å²) < 4.78 is 2.46. The van der Waals surface area contributed by atoms with E-state index in [1.54, 1.807) is 7.05 Å². The Bertz CT molecular complexity index is 1250. The Morgan fingerprint density at radius 3 is 2.12 bits per heavy atom. The number of aromatic nitrogens is 4. The van der Waals surface area contributed by atoms with E-state index in [0.717, 1.165) is 41.6 Å². The van der Waals surface area contributed by atoms with Gasteiger partial charge in [0, 0.05) is 25.0 Å². The molecule has 4 bridgehead atoms. The third-order valence-corrected chi connectivity index (χ3v) is 9.11. The van der Waals surface area contributed by atoms with Crippen molar-refractivity contribution in [2.24, 2.45) is 31.8 Å². The summed E-state index contributed by atoms with van der Waals surface area (Å²) in [7, 11) is 3.07. The molecule has 1 N–H and O–H groups in total. The molecule has 8 nitrogen and oxygen atoms in total. The number of hydrogen-bond donors (Lipinski definition) is 1. The van der Waals surface area contributed by atoms with E-state index in [4.69, 9.17) is 4.98 Å². The van der Waals surface area contributed by atoms with Gasteiger partial charge in [0.15, 0.2) is 5.65 Å². The van der Waals surface area contributed by atoms with Crippen molar-refractivity contribution in [1.82, 2.24) is 24.4 Å². The lowest BCUT2D eigenvalue weighted by atomic mass is 9.53. The van der Waals surface area contributed by atoms with E-state index in [1.807, 2.05) is 27.7 Å². The first-order chi connectivity index (χ1) is 15.9. The summed E-state index contributed by atoms with van der Waals surface area (Å²) in [5, 5.41) is 3.76. The number of fused-ring (bicyclic) bond motifs is 1. The average Bonchev–Trinajstić information content (AvgIpc) is 2.73. The number of thioether (sulfide) groups is 1. The second kappa shape index (κ2) is 7.93. The van der Waals surface area contributed by atoms with E-state index in [1.165, 1.54) is 42.6 Å². The molecular weight excluding hydrogens is 450 g/mol. The lowest BCUT2D eigenvalue weighted by Crippen LogP contribution is -2.60. The molecule has 2 aromatic rings. The largest absolute Gasteiger partial charge is 0.350 e. The summed E-state index contributed by atoms with van der Waals surface area (Å²) in [6.45, 7) is 7.85. The average molecular weight is 486 g/mol. The van der Waals surface area contributed by atoms with Crippen LogP contribution >= 0.6 is 11.8 Å². The Balaban J connectivity index is 1.48. The standard InChI is InChI=1S/C25H35N5O3S/c1-13(19(31)28-25-10-14-7-15(11-25)9-16(8-14)12-25)34-20-17-18(26-22(27-20)24(2,3)4)29(5)23(33)30(6)21(17)32/h13-16H,7-12H2,1-6H3,(H,28,31)/t13-,14?,15?,16?,25?/m1/s1. The zero-order valence-corrected chi connectivity index (χ0v) is 21.8. The molecule has 184 valence electrons. The number of aryl methyl sites for hydroxylation is 1. The van der Waals surface area contributed by atoms with Gasteiger partial charge in [0.2, 0.25) is 5.91 Å². The van der Waals surface area contributed by atoms with Crippen LogP contribution in [0.1, 0.15) is 72.0 Å². The van der Waals surface area contributed by atoms with Gasteiger partial charge in [-0.2, -0.15) is 0 Å². The molecule has 0 aliphatic heterocycles. The van der Waals surface area contributed by atoms with Crippen molar-refractivity contribution in [2.75, 3.05) is 0 Å². The fraction of sp³-hybridized carbons (Fsp3) is 0.720. The topological polar surface area (TPSA) is 98.9 Å². The number of carbonyl (C=O) groups is 1. The van der Waals surface area contributed by atoms with Gasteiger partial charge in [-0.25, -0.2) is 14.8 Å². The first-order valence-corrected chi connectivity index (χ1v) is 13.2. The van der Waals surface area contributed by atoms with Crippen LogP contribution in [0.4, 0.5) is 0 Å². The molecule has 9 heteroatoms. The second-order valence-corrected chi connectivity index (χ2v) is 13.3. The minimum atomic E-state index is -0.435. The highest BCUT2D eigenvalue weighted by atomic mass is 32.2. The predicted molar refractivity (Wildman–Crippen MR) is 133 cm³/mol. The molecule has 4 fully saturated rings. The molecule has 34 heavy (non-hydrogen) atoms. The van der Waals surface area contributed by atoms with E-state index in [2.05, 4.69) is 10.3 Å². The third-order valence-electron chi connectivity index (χ3n) is 8.02. The summed E-state index contributed by atoms with van der Waals surface area (Å²) >= 11 is 1.29. The predicted octanol–water partition coefficient (Wildman–Crippen LogP) is 2.89. The molecule has 0 unspecified atom stereocenters. The molecule has 4 aliphatic rings. The molecule has 2 heterocycles. The van der Waals surface area contributed by atoms with Crippen molar-refractivity contribution in [1.29, 1.82) is 0 Å². The Hall–Kier alpha value is -2.16. The molecule has 1 atom stereocenters. The Morgan fingerprint density at radius 1 is 1.03 bits per heavy atom. The first kappa shape index (κ1) is 23.6. The van der Waals surface area contributed by atoms with Gasteiger partial charge in [-0.3, -0.25) is 18.7 Å². The van der Waals surface area contributed by atoms with Crippen molar-refractivity contribution in [3.63, 3.8) is 0 Å². The first-order valence-electron chi connectivity index (χ1n) is 12.3. The van der Waals surface area contributed by atoms with Crippen LogP contribution < -0.4 is 16.6 Å². The van der Waals surface area contributed by atoms with Crippen LogP contribution in [0.25, 0.3) is 11.0 Å². The zero-order valence-electron chi connectivity index (χ0n) is 21.0. The van der Waals surface area contributed by atoms with Gasteiger partial charge in [0.1, 0.15) is 16.2 Å². The van der Waals surface area contributed by atoms with E-state index in [-0.39, 0.29) is 22.2 Å². The minimum absolute atomic E-state index is 0.00216. The maximum atomic E-state index is 13.4. The molecule has 6 rings (SSSR count). The highest BCUT2D eigenvalue weighted by Crippen LogP contribution is 2.55. The summed E-state index contributed by atoms with van der Waals surface area (Å²) in [6, 6.07) is 0. The normalized spacial score (nSPS) is 28.9. The molecule has 4 aliphatic carbocycles. The fourth-order valence-electron chi connectivity index (χ4n) is 6.70. The molecule has 0 radical (unpaired) electrons. The maximum Gasteiger partial charge on any atom is 0.332 e. The van der Waals surface area contributed by atoms with Crippen LogP contribution in [0.3, 0.4) is 0 Å². The van der Waals surface area contributed by atoms with E-state index in [9.17, 15) is 14.4 Å². The number of nitrogens with zero attached hydrogens (tertiary/aromatic N) is 4. The number of amides is 1. The highest BCUT2D eigenvalue weighted by molar-refractivity contribution is 8.00. The summed E-state index contributed by atoms with van der Waals surface area (Å²) in [4.78, 5) is 48.4. The number of carbonyl (C=O) groups excluding carboxylic acids is 1. The van der Waals surface area contributed by atoms with Crippen LogP contribution in [0, 0.1) is 17.8 Å². The summed E-state index contributed by atoms with van der Waals surface area (Å²) in [5.41, 5.74) is -1.00. The van der Waals surface area contributed by atoms with Crippen molar-refractivity contribution >= 4 is 28.7 Å². The summed E-state index contributed by atoms with van der Waals surface area (Å²) in [5.74, 6) is 2.79. The van der Waals surface area contributed by atoms with Gasteiger partial charge in [-0.15, -0.1) is 0 Å². The van der Waals surface area contributed by atoms with Gasteiger partial charge in [0.05, 0.1) is 5.25 Å². The molecule has 2 aromatic heterocycles. The number of rotatable bonds is 4. The number of hydrogen-bond acceptors (Lipinski definition) is 6. The van der Waals surface area contributed by atoms with E-state index < -0.39 is 16.5 Å². The molecule has 0 spiro atoms. The lowest BCUT2D eigenvalue weighted by molar-refractivity contribution is -0.126. The smallest absolute Gasteiger partial charge is 0.332 e. The third kappa shape index (κ3) is 3.89. The fourth-order valence-corrected chi connectivity index (χ4v) is 7.63. The second-order valence-electron chi connectivity index (χ2n) is 12.0. The van der Waals surface area contributed by atoms with Gasteiger partial charge in [-0.1, -0.05) is 32.5 Å².